The monoisotopic (exact) mass is 302 g/mol. The van der Waals surface area contributed by atoms with Gasteiger partial charge in [-0.1, -0.05) is 50.8 Å². The molecule has 0 aliphatic heterocycles. The molecule has 0 saturated carbocycles. The molecule has 4 heteroatoms. The molecule has 0 amide bonds. The molecular formula is C18H26N2O2. The highest BCUT2D eigenvalue weighted by molar-refractivity contribution is 5.85. The van der Waals surface area contributed by atoms with Crippen molar-refractivity contribution in [2.45, 2.75) is 51.5 Å². The quantitative estimate of drug-likeness (QED) is 0.644. The van der Waals surface area contributed by atoms with Crippen molar-refractivity contribution in [3.05, 3.63) is 36.0 Å². The summed E-state index contributed by atoms with van der Waals surface area (Å²) < 4.78 is 0. The van der Waals surface area contributed by atoms with Gasteiger partial charge in [-0.25, -0.2) is 0 Å². The van der Waals surface area contributed by atoms with Crippen LogP contribution >= 0.6 is 0 Å². The number of aliphatic carboxylic acids is 1. The Morgan fingerprint density at radius 3 is 2.73 bits per heavy atom. The predicted octanol–water partition coefficient (Wildman–Crippen LogP) is 4.01. The lowest BCUT2D eigenvalue weighted by atomic mass is 9.77. The van der Waals surface area contributed by atoms with Crippen LogP contribution in [0.15, 0.2) is 30.5 Å². The number of aromatic nitrogens is 1. The first-order valence-electron chi connectivity index (χ1n) is 8.06. The van der Waals surface area contributed by atoms with Gasteiger partial charge in [-0.2, -0.15) is 0 Å². The van der Waals surface area contributed by atoms with E-state index in [0.29, 0.717) is 6.42 Å². The maximum Gasteiger partial charge on any atom is 0.308 e. The second-order valence-corrected chi connectivity index (χ2v) is 6.27. The Kier molecular flexibility index (Phi) is 5.24. The zero-order chi connectivity index (χ0) is 16.2. The van der Waals surface area contributed by atoms with Crippen molar-refractivity contribution < 1.29 is 9.90 Å². The minimum atomic E-state index is -0.891. The molecule has 1 heterocycles. The van der Waals surface area contributed by atoms with Crippen LogP contribution in [0.3, 0.4) is 0 Å². The number of nitrogens with one attached hydrogen (secondary N) is 1. The van der Waals surface area contributed by atoms with Crippen molar-refractivity contribution in [2.75, 3.05) is 0 Å². The van der Waals surface area contributed by atoms with Crippen LogP contribution < -0.4 is 5.73 Å². The standard InChI is InChI=1S/C18H26N2O2/c1-3-4-5-6-10-14(17(21)22)18(2,19)15-12-20-16-11-8-7-9-13(15)16/h7-9,11-12,14,20H,3-6,10,19H2,1-2H3,(H,21,22). The summed E-state index contributed by atoms with van der Waals surface area (Å²) in [4.78, 5) is 14.9. The minimum absolute atomic E-state index is 0.580. The number of aromatic amines is 1. The number of nitrogens with two attached hydrogens (primary N) is 1. The first-order valence-corrected chi connectivity index (χ1v) is 8.06. The Hall–Kier alpha value is -1.81. The van der Waals surface area contributed by atoms with Gasteiger partial charge in [0.25, 0.3) is 0 Å². The second kappa shape index (κ2) is 6.97. The molecule has 0 radical (unpaired) electrons. The fourth-order valence-corrected chi connectivity index (χ4v) is 3.16. The molecule has 0 fully saturated rings. The van der Waals surface area contributed by atoms with E-state index in [0.717, 1.165) is 42.1 Å². The van der Waals surface area contributed by atoms with Gasteiger partial charge >= 0.3 is 5.97 Å². The minimum Gasteiger partial charge on any atom is -0.481 e. The Bertz CT molecular complexity index is 631. The van der Waals surface area contributed by atoms with Crippen LogP contribution in [0.25, 0.3) is 10.9 Å². The van der Waals surface area contributed by atoms with Gasteiger partial charge in [0.05, 0.1) is 11.5 Å². The molecule has 4 N–H and O–H groups in total. The lowest BCUT2D eigenvalue weighted by Crippen LogP contribution is -2.45. The van der Waals surface area contributed by atoms with Gasteiger partial charge < -0.3 is 15.8 Å². The van der Waals surface area contributed by atoms with E-state index >= 15 is 0 Å². The first-order chi connectivity index (χ1) is 10.5. The van der Waals surface area contributed by atoms with E-state index in [-0.39, 0.29) is 0 Å². The molecule has 0 spiro atoms. The number of fused-ring (bicyclic) bond motifs is 1. The highest BCUT2D eigenvalue weighted by Crippen LogP contribution is 2.35. The number of carbonyl (C=O) groups is 1. The van der Waals surface area contributed by atoms with Gasteiger partial charge in [0.15, 0.2) is 0 Å². The third-order valence-corrected chi connectivity index (χ3v) is 4.54. The van der Waals surface area contributed by atoms with Crippen molar-refractivity contribution in [1.29, 1.82) is 0 Å². The first kappa shape index (κ1) is 16.6. The number of carboxylic acid groups (broad SMARTS) is 1. The molecule has 0 bridgehead atoms. The third kappa shape index (κ3) is 3.33. The van der Waals surface area contributed by atoms with E-state index in [1.165, 1.54) is 0 Å². The van der Waals surface area contributed by atoms with Crippen LogP contribution in [0, 0.1) is 5.92 Å². The van der Waals surface area contributed by atoms with E-state index in [1.54, 1.807) is 0 Å². The number of hydrogen-bond acceptors (Lipinski definition) is 2. The molecule has 1 aromatic heterocycles. The average molecular weight is 302 g/mol. The molecule has 2 unspecified atom stereocenters. The Labute approximate surface area is 131 Å². The zero-order valence-corrected chi connectivity index (χ0v) is 13.4. The van der Waals surface area contributed by atoms with Crippen LogP contribution in [0.2, 0.25) is 0 Å². The van der Waals surface area contributed by atoms with Crippen molar-refractivity contribution in [3.63, 3.8) is 0 Å². The van der Waals surface area contributed by atoms with Gasteiger partial charge in [-0.15, -0.1) is 0 Å². The number of H-pyrrole nitrogens is 1. The fourth-order valence-electron chi connectivity index (χ4n) is 3.16. The summed E-state index contributed by atoms with van der Waals surface area (Å²) in [5.41, 5.74) is 7.49. The van der Waals surface area contributed by atoms with Crippen LogP contribution in [0.5, 0.6) is 0 Å². The van der Waals surface area contributed by atoms with E-state index in [9.17, 15) is 9.90 Å². The Morgan fingerprint density at radius 1 is 1.32 bits per heavy atom. The molecule has 0 aliphatic carbocycles. The summed E-state index contributed by atoms with van der Waals surface area (Å²) in [6.45, 7) is 3.98. The number of carboxylic acids is 1. The van der Waals surface area contributed by atoms with E-state index in [1.807, 2.05) is 37.4 Å². The maximum atomic E-state index is 11.8. The summed E-state index contributed by atoms with van der Waals surface area (Å²) in [7, 11) is 0. The fraction of sp³-hybridized carbons (Fsp3) is 0.500. The number of rotatable bonds is 8. The highest BCUT2D eigenvalue weighted by Gasteiger charge is 2.38. The molecule has 2 aromatic rings. The van der Waals surface area contributed by atoms with E-state index in [4.69, 9.17) is 5.73 Å². The molecule has 4 nitrogen and oxygen atoms in total. The molecule has 2 rings (SSSR count). The SMILES string of the molecule is CCCCCCC(C(=O)O)C(C)(N)c1c[nH]c2ccccc12. The Balaban J connectivity index is 2.26. The Morgan fingerprint density at radius 2 is 2.05 bits per heavy atom. The predicted molar refractivity (Wildman–Crippen MR) is 89.7 cm³/mol. The summed E-state index contributed by atoms with van der Waals surface area (Å²) in [6, 6.07) is 7.87. The molecule has 1 aromatic carbocycles. The molecule has 2 atom stereocenters. The second-order valence-electron chi connectivity index (χ2n) is 6.27. The smallest absolute Gasteiger partial charge is 0.308 e. The van der Waals surface area contributed by atoms with Gasteiger partial charge in [0.2, 0.25) is 0 Å². The summed E-state index contributed by atoms with van der Waals surface area (Å²) >= 11 is 0. The number of benzene rings is 1. The summed E-state index contributed by atoms with van der Waals surface area (Å²) in [5, 5.41) is 10.7. The van der Waals surface area contributed by atoms with Crippen molar-refractivity contribution in [1.82, 2.24) is 4.98 Å². The van der Waals surface area contributed by atoms with Crippen LogP contribution in [-0.4, -0.2) is 16.1 Å². The lowest BCUT2D eigenvalue weighted by Gasteiger charge is -2.31. The molecule has 22 heavy (non-hydrogen) atoms. The maximum absolute atomic E-state index is 11.8. The van der Waals surface area contributed by atoms with Gasteiger partial charge in [0.1, 0.15) is 0 Å². The van der Waals surface area contributed by atoms with E-state index in [2.05, 4.69) is 11.9 Å². The van der Waals surface area contributed by atoms with Gasteiger partial charge in [-0.05, 0) is 25.0 Å². The van der Waals surface area contributed by atoms with Gasteiger partial charge in [-0.3, -0.25) is 4.79 Å². The summed E-state index contributed by atoms with van der Waals surface area (Å²) in [5.74, 6) is -1.39. The molecular weight excluding hydrogens is 276 g/mol. The number of para-hydroxylation sites is 1. The molecule has 0 saturated heterocycles. The third-order valence-electron chi connectivity index (χ3n) is 4.54. The van der Waals surface area contributed by atoms with Crippen LogP contribution in [-0.2, 0) is 10.3 Å². The van der Waals surface area contributed by atoms with Gasteiger partial charge in [0, 0.05) is 17.1 Å². The lowest BCUT2D eigenvalue weighted by molar-refractivity contribution is -0.144. The van der Waals surface area contributed by atoms with Crippen LogP contribution in [0.4, 0.5) is 0 Å². The summed E-state index contributed by atoms with van der Waals surface area (Å²) in [6.07, 6.45) is 6.71. The largest absolute Gasteiger partial charge is 0.481 e. The zero-order valence-electron chi connectivity index (χ0n) is 13.4. The van der Waals surface area contributed by atoms with Crippen LogP contribution in [0.1, 0.15) is 51.5 Å². The van der Waals surface area contributed by atoms with E-state index < -0.39 is 17.4 Å². The van der Waals surface area contributed by atoms with Crippen molar-refractivity contribution in [2.24, 2.45) is 11.7 Å². The normalized spacial score (nSPS) is 15.6. The molecule has 0 aliphatic rings. The topological polar surface area (TPSA) is 79.1 Å². The molecule has 120 valence electrons. The highest BCUT2D eigenvalue weighted by atomic mass is 16.4. The van der Waals surface area contributed by atoms with Crippen molar-refractivity contribution in [3.8, 4) is 0 Å². The average Bonchev–Trinajstić information content (AvgIpc) is 2.91. The number of hydrogen-bond donors (Lipinski definition) is 3. The van der Waals surface area contributed by atoms with Crippen molar-refractivity contribution >= 4 is 16.9 Å². The number of unbranched alkanes of at least 4 members (excludes halogenated alkanes) is 3.